The van der Waals surface area contributed by atoms with Crippen molar-refractivity contribution in [2.24, 2.45) is 0 Å². The third-order valence-electron chi connectivity index (χ3n) is 3.38. The van der Waals surface area contributed by atoms with E-state index < -0.39 is 0 Å². The Hall–Kier alpha value is -3.42. The molecule has 0 aliphatic heterocycles. The molecule has 3 aromatic heterocycles. The average Bonchev–Trinajstić information content (AvgIpc) is 2.95. The summed E-state index contributed by atoms with van der Waals surface area (Å²) in [6.07, 6.45) is 10.2. The van der Waals surface area contributed by atoms with E-state index in [1.165, 1.54) is 0 Å². The number of pyridine rings is 1. The molecule has 25 heavy (non-hydrogen) atoms. The maximum atomic E-state index is 8.36. The molecular formula is C17H20N6O2. The van der Waals surface area contributed by atoms with E-state index in [0.717, 1.165) is 34.8 Å². The van der Waals surface area contributed by atoms with Crippen molar-refractivity contribution in [2.45, 2.75) is 20.3 Å². The zero-order valence-corrected chi connectivity index (χ0v) is 14.0. The second-order valence-electron chi connectivity index (χ2n) is 5.03. The summed E-state index contributed by atoms with van der Waals surface area (Å²) in [5.74, 6) is 2.11. The first-order valence-electron chi connectivity index (χ1n) is 7.67. The lowest BCUT2D eigenvalue weighted by Gasteiger charge is -2.04. The highest BCUT2D eigenvalue weighted by molar-refractivity contribution is 5.85. The molecule has 0 aromatic carbocycles. The zero-order chi connectivity index (χ0) is 18.2. The van der Waals surface area contributed by atoms with Gasteiger partial charge in [0.2, 0.25) is 0 Å². The number of nitrogens with two attached hydrogens (primary N) is 1. The van der Waals surface area contributed by atoms with Gasteiger partial charge in [0.25, 0.3) is 6.47 Å². The normalized spacial score (nSPS) is 10.5. The van der Waals surface area contributed by atoms with Crippen LogP contribution in [0, 0.1) is 6.92 Å². The number of hydrogen-bond donors (Lipinski definition) is 3. The van der Waals surface area contributed by atoms with Crippen LogP contribution in [0.4, 0.5) is 11.6 Å². The van der Waals surface area contributed by atoms with Crippen LogP contribution in [-0.4, -0.2) is 30.9 Å². The van der Waals surface area contributed by atoms with E-state index in [2.05, 4.69) is 27.2 Å². The lowest BCUT2D eigenvalue weighted by molar-refractivity contribution is -0.122. The highest BCUT2D eigenvalue weighted by Gasteiger charge is 2.14. The minimum Gasteiger partial charge on any atom is -0.483 e. The first-order chi connectivity index (χ1) is 12.1. The number of aryl methyl sites for hydroxylation is 1. The minimum atomic E-state index is -0.250. The number of imidazole rings is 1. The Kier molecular flexibility index (Phi) is 6.05. The topological polar surface area (TPSA) is 118 Å². The van der Waals surface area contributed by atoms with E-state index in [0.29, 0.717) is 5.82 Å². The molecule has 0 radical (unpaired) electrons. The molecular weight excluding hydrogens is 320 g/mol. The van der Waals surface area contributed by atoms with E-state index in [1.54, 1.807) is 12.4 Å². The number of carboxylic acid groups (broad SMARTS) is 1. The maximum absolute atomic E-state index is 8.36. The highest BCUT2D eigenvalue weighted by Crippen LogP contribution is 2.28. The van der Waals surface area contributed by atoms with Crippen LogP contribution < -0.4 is 11.1 Å². The molecule has 0 aliphatic rings. The van der Waals surface area contributed by atoms with Crippen LogP contribution in [0.1, 0.15) is 19.2 Å². The summed E-state index contributed by atoms with van der Waals surface area (Å²) in [5, 5.41) is 10.0. The second kappa shape index (κ2) is 8.44. The van der Waals surface area contributed by atoms with E-state index in [4.69, 9.17) is 15.6 Å². The predicted octanol–water partition coefficient (Wildman–Crippen LogP) is 2.72. The van der Waals surface area contributed by atoms with Gasteiger partial charge in [0, 0.05) is 24.2 Å². The lowest BCUT2D eigenvalue weighted by atomic mass is 10.1. The van der Waals surface area contributed by atoms with Gasteiger partial charge in [-0.3, -0.25) is 9.20 Å². The summed E-state index contributed by atoms with van der Waals surface area (Å²) in [6.45, 7) is 3.78. The number of anilines is 2. The fourth-order valence-corrected chi connectivity index (χ4v) is 2.33. The van der Waals surface area contributed by atoms with Crippen molar-refractivity contribution in [3.05, 3.63) is 48.8 Å². The van der Waals surface area contributed by atoms with Crippen LogP contribution in [0.3, 0.4) is 0 Å². The van der Waals surface area contributed by atoms with E-state index >= 15 is 0 Å². The quantitative estimate of drug-likeness (QED) is 0.625. The maximum Gasteiger partial charge on any atom is 0.290 e. The van der Waals surface area contributed by atoms with Crippen molar-refractivity contribution in [1.29, 1.82) is 0 Å². The van der Waals surface area contributed by atoms with Crippen molar-refractivity contribution in [1.82, 2.24) is 19.4 Å². The fraction of sp³-hybridized carbons (Fsp3) is 0.176. The number of nitrogen functional groups attached to an aromatic ring is 1. The minimum absolute atomic E-state index is 0.250. The number of aromatic nitrogens is 4. The Morgan fingerprint density at radius 1 is 1.36 bits per heavy atom. The van der Waals surface area contributed by atoms with E-state index in [1.807, 2.05) is 41.9 Å². The average molecular weight is 340 g/mol. The van der Waals surface area contributed by atoms with Crippen LogP contribution in [0.15, 0.2) is 43.0 Å². The Labute approximate surface area is 145 Å². The molecule has 0 saturated heterocycles. The van der Waals surface area contributed by atoms with Gasteiger partial charge in [-0.2, -0.15) is 0 Å². The van der Waals surface area contributed by atoms with Gasteiger partial charge in [-0.1, -0.05) is 13.0 Å². The predicted molar refractivity (Wildman–Crippen MR) is 97.1 cm³/mol. The van der Waals surface area contributed by atoms with Crippen molar-refractivity contribution in [3.63, 3.8) is 0 Å². The SMILES string of the molecule is CC/C=C/Nc1cc(-c2nc(C)n3ccnc(N)c23)ccn1.O=CO. The number of fused-ring (bicyclic) bond motifs is 1. The number of rotatable bonds is 4. The number of nitrogens with zero attached hydrogens (tertiary/aromatic N) is 4. The molecule has 3 aromatic rings. The van der Waals surface area contributed by atoms with Gasteiger partial charge in [0.1, 0.15) is 28.7 Å². The molecule has 3 heterocycles. The van der Waals surface area contributed by atoms with Gasteiger partial charge in [0.15, 0.2) is 0 Å². The molecule has 0 spiro atoms. The Morgan fingerprint density at radius 3 is 2.84 bits per heavy atom. The summed E-state index contributed by atoms with van der Waals surface area (Å²) < 4.78 is 1.95. The zero-order valence-electron chi connectivity index (χ0n) is 14.0. The largest absolute Gasteiger partial charge is 0.483 e. The van der Waals surface area contributed by atoms with Crippen LogP contribution in [0.2, 0.25) is 0 Å². The van der Waals surface area contributed by atoms with Crippen molar-refractivity contribution >= 4 is 23.6 Å². The molecule has 0 aliphatic carbocycles. The van der Waals surface area contributed by atoms with Crippen LogP contribution in [-0.2, 0) is 4.79 Å². The highest BCUT2D eigenvalue weighted by atomic mass is 16.3. The van der Waals surface area contributed by atoms with E-state index in [9.17, 15) is 0 Å². The van der Waals surface area contributed by atoms with Crippen LogP contribution >= 0.6 is 0 Å². The fourth-order valence-electron chi connectivity index (χ4n) is 2.33. The first-order valence-corrected chi connectivity index (χ1v) is 7.67. The van der Waals surface area contributed by atoms with Gasteiger partial charge >= 0.3 is 0 Å². The summed E-state index contributed by atoms with van der Waals surface area (Å²) in [6, 6.07) is 3.87. The molecule has 0 bridgehead atoms. The summed E-state index contributed by atoms with van der Waals surface area (Å²) in [4.78, 5) is 21.5. The van der Waals surface area contributed by atoms with Crippen molar-refractivity contribution < 1.29 is 9.90 Å². The van der Waals surface area contributed by atoms with Crippen molar-refractivity contribution in [2.75, 3.05) is 11.1 Å². The summed E-state index contributed by atoms with van der Waals surface area (Å²) >= 11 is 0. The molecule has 3 rings (SSSR count). The Morgan fingerprint density at radius 2 is 2.12 bits per heavy atom. The van der Waals surface area contributed by atoms with Crippen molar-refractivity contribution in [3.8, 4) is 11.3 Å². The number of hydrogen-bond acceptors (Lipinski definition) is 6. The third kappa shape index (κ3) is 4.11. The molecule has 0 fully saturated rings. The van der Waals surface area contributed by atoms with Gasteiger partial charge < -0.3 is 16.2 Å². The van der Waals surface area contributed by atoms with Gasteiger partial charge in [-0.15, -0.1) is 0 Å². The number of allylic oxidation sites excluding steroid dienone is 1. The molecule has 0 unspecified atom stereocenters. The number of nitrogens with one attached hydrogen (secondary N) is 1. The monoisotopic (exact) mass is 340 g/mol. The molecule has 8 heteroatoms. The number of carbonyl (C=O) groups is 1. The molecule has 0 atom stereocenters. The van der Waals surface area contributed by atoms with E-state index in [-0.39, 0.29) is 6.47 Å². The summed E-state index contributed by atoms with van der Waals surface area (Å²) in [5.41, 5.74) is 8.61. The van der Waals surface area contributed by atoms with Crippen LogP contribution in [0.25, 0.3) is 16.8 Å². The molecule has 0 amide bonds. The van der Waals surface area contributed by atoms with Gasteiger partial charge in [-0.25, -0.2) is 15.0 Å². The second-order valence-corrected chi connectivity index (χ2v) is 5.03. The molecule has 130 valence electrons. The van der Waals surface area contributed by atoms with Gasteiger partial charge in [-0.05, 0) is 31.7 Å². The Balaban J connectivity index is 0.000000701. The standard InChI is InChI=1S/C16H18N6.CH2O2/c1-3-4-6-18-13-10-12(5-7-19-13)14-15-16(17)20-8-9-22(15)11(2)21-14;2-1-3/h4-10H,3H2,1-2H3,(H2,17,20)(H,18,19);1H,(H,2,3)/b6-4+;. The van der Waals surface area contributed by atoms with Gasteiger partial charge in [0.05, 0.1) is 0 Å². The van der Waals surface area contributed by atoms with Crippen LogP contribution in [0.5, 0.6) is 0 Å². The first kappa shape index (κ1) is 17.9. The summed E-state index contributed by atoms with van der Waals surface area (Å²) in [7, 11) is 0. The Bertz CT molecular complexity index is 888. The lowest BCUT2D eigenvalue weighted by Crippen LogP contribution is -1.96. The molecule has 8 nitrogen and oxygen atoms in total. The smallest absolute Gasteiger partial charge is 0.290 e. The third-order valence-corrected chi connectivity index (χ3v) is 3.38. The molecule has 4 N–H and O–H groups in total. The molecule has 0 saturated carbocycles.